The van der Waals surface area contributed by atoms with E-state index in [0.717, 1.165) is 28.2 Å². The minimum atomic E-state index is -4.73. The van der Waals surface area contributed by atoms with E-state index in [0.29, 0.717) is 0 Å². The van der Waals surface area contributed by atoms with Crippen molar-refractivity contribution in [3.05, 3.63) is 77.2 Å². The van der Waals surface area contributed by atoms with Crippen LogP contribution in [0.4, 0.5) is 24.5 Å². The number of amides is 2. The van der Waals surface area contributed by atoms with Gasteiger partial charge in [-0.25, -0.2) is 0 Å². The molecule has 0 atom stereocenters. The Morgan fingerprint density at radius 1 is 1.03 bits per heavy atom. The van der Waals surface area contributed by atoms with Gasteiger partial charge in [0.15, 0.2) is 5.76 Å². The van der Waals surface area contributed by atoms with Gasteiger partial charge in [0.2, 0.25) is 5.91 Å². The standard InChI is InChI=1S/C22H19F3N2O3S/c1-13-5-8-19(14(2)10-13)31-12-20(28)27-17-7-6-15(11-16(17)22(23,24)25)26-21(29)18-4-3-9-30-18/h3-11H,12H2,1-2H3,(H,26,29)(H,27,28). The van der Waals surface area contributed by atoms with E-state index in [2.05, 4.69) is 10.6 Å². The smallest absolute Gasteiger partial charge is 0.418 e. The molecule has 3 rings (SSSR count). The summed E-state index contributed by atoms with van der Waals surface area (Å²) in [5.74, 6) is -1.32. The van der Waals surface area contributed by atoms with Crippen molar-refractivity contribution >= 4 is 35.0 Å². The number of hydrogen-bond acceptors (Lipinski definition) is 4. The minimum absolute atomic E-state index is 0.0330. The summed E-state index contributed by atoms with van der Waals surface area (Å²) in [7, 11) is 0. The highest BCUT2D eigenvalue weighted by Gasteiger charge is 2.34. The van der Waals surface area contributed by atoms with Crippen molar-refractivity contribution in [2.75, 3.05) is 16.4 Å². The predicted molar refractivity (Wildman–Crippen MR) is 113 cm³/mol. The van der Waals surface area contributed by atoms with Crippen LogP contribution in [0.25, 0.3) is 0 Å². The molecule has 3 aromatic rings. The summed E-state index contributed by atoms with van der Waals surface area (Å²) >= 11 is 1.25. The molecule has 1 heterocycles. The van der Waals surface area contributed by atoms with E-state index in [-0.39, 0.29) is 22.9 Å². The third-order valence-corrected chi connectivity index (χ3v) is 5.47. The van der Waals surface area contributed by atoms with Crippen LogP contribution in [0.2, 0.25) is 0 Å². The lowest BCUT2D eigenvalue weighted by atomic mass is 10.1. The highest BCUT2D eigenvalue weighted by molar-refractivity contribution is 8.00. The maximum atomic E-state index is 13.5. The lowest BCUT2D eigenvalue weighted by Crippen LogP contribution is -2.19. The summed E-state index contributed by atoms with van der Waals surface area (Å²) in [6, 6.07) is 11.8. The van der Waals surface area contributed by atoms with Gasteiger partial charge in [0.05, 0.1) is 23.3 Å². The first kappa shape index (κ1) is 22.5. The van der Waals surface area contributed by atoms with Gasteiger partial charge in [-0.1, -0.05) is 17.7 Å². The number of hydrogen-bond donors (Lipinski definition) is 2. The van der Waals surface area contributed by atoms with Gasteiger partial charge < -0.3 is 15.1 Å². The molecule has 0 spiro atoms. The van der Waals surface area contributed by atoms with Crippen LogP contribution in [0.15, 0.2) is 64.1 Å². The molecule has 31 heavy (non-hydrogen) atoms. The second-order valence-electron chi connectivity index (χ2n) is 6.80. The van der Waals surface area contributed by atoms with Crippen LogP contribution < -0.4 is 10.6 Å². The number of furan rings is 1. The summed E-state index contributed by atoms with van der Waals surface area (Å²) in [6.07, 6.45) is -3.44. The number of aryl methyl sites for hydroxylation is 2. The fourth-order valence-corrected chi connectivity index (χ4v) is 3.67. The van der Waals surface area contributed by atoms with Crippen molar-refractivity contribution in [1.29, 1.82) is 0 Å². The fourth-order valence-electron chi connectivity index (χ4n) is 2.86. The maximum Gasteiger partial charge on any atom is 0.418 e. The molecular weight excluding hydrogens is 429 g/mol. The van der Waals surface area contributed by atoms with Crippen LogP contribution >= 0.6 is 11.8 Å². The first-order valence-electron chi connectivity index (χ1n) is 9.19. The summed E-state index contributed by atoms with van der Waals surface area (Å²) in [5, 5.41) is 4.66. The average molecular weight is 448 g/mol. The number of alkyl halides is 3. The Hall–Kier alpha value is -3.20. The molecule has 5 nitrogen and oxygen atoms in total. The Balaban J connectivity index is 1.72. The topological polar surface area (TPSA) is 71.3 Å². The highest BCUT2D eigenvalue weighted by Crippen LogP contribution is 2.37. The second-order valence-corrected chi connectivity index (χ2v) is 7.81. The molecule has 0 radical (unpaired) electrons. The first-order valence-corrected chi connectivity index (χ1v) is 10.2. The fraction of sp³-hybridized carbons (Fsp3) is 0.182. The van der Waals surface area contributed by atoms with Gasteiger partial charge in [-0.2, -0.15) is 13.2 Å². The Bertz CT molecular complexity index is 1100. The molecule has 2 aromatic carbocycles. The zero-order chi connectivity index (χ0) is 22.6. The molecule has 2 N–H and O–H groups in total. The van der Waals surface area contributed by atoms with E-state index in [4.69, 9.17) is 4.42 Å². The number of halogens is 3. The third-order valence-electron chi connectivity index (χ3n) is 4.29. The summed E-state index contributed by atoms with van der Waals surface area (Å²) in [4.78, 5) is 25.2. The Kier molecular flexibility index (Phi) is 6.74. The predicted octanol–water partition coefficient (Wildman–Crippen LogP) is 5.90. The molecule has 2 amide bonds. The van der Waals surface area contributed by atoms with E-state index < -0.39 is 23.6 Å². The normalized spacial score (nSPS) is 11.3. The van der Waals surface area contributed by atoms with Gasteiger partial charge in [-0.05, 0) is 55.8 Å². The van der Waals surface area contributed by atoms with Crippen molar-refractivity contribution < 1.29 is 27.2 Å². The highest BCUT2D eigenvalue weighted by atomic mass is 32.2. The van der Waals surface area contributed by atoms with E-state index in [1.165, 1.54) is 36.2 Å². The second kappa shape index (κ2) is 9.30. The minimum Gasteiger partial charge on any atom is -0.459 e. The van der Waals surface area contributed by atoms with Crippen molar-refractivity contribution in [2.24, 2.45) is 0 Å². The van der Waals surface area contributed by atoms with E-state index in [1.54, 1.807) is 0 Å². The van der Waals surface area contributed by atoms with Gasteiger partial charge in [-0.15, -0.1) is 11.8 Å². The monoisotopic (exact) mass is 448 g/mol. The van der Waals surface area contributed by atoms with Crippen molar-refractivity contribution in [3.63, 3.8) is 0 Å². The van der Waals surface area contributed by atoms with Crippen LogP contribution in [0.3, 0.4) is 0 Å². The number of nitrogens with one attached hydrogen (secondary N) is 2. The van der Waals surface area contributed by atoms with Crippen LogP contribution in [-0.4, -0.2) is 17.6 Å². The number of carbonyl (C=O) groups is 2. The molecule has 0 unspecified atom stereocenters. The first-order chi connectivity index (χ1) is 14.6. The molecule has 0 fully saturated rings. The van der Waals surface area contributed by atoms with Gasteiger partial charge in [0, 0.05) is 10.6 Å². The van der Waals surface area contributed by atoms with Crippen molar-refractivity contribution in [3.8, 4) is 0 Å². The van der Waals surface area contributed by atoms with Gasteiger partial charge in [-0.3, -0.25) is 9.59 Å². The van der Waals surface area contributed by atoms with Crippen LogP contribution in [-0.2, 0) is 11.0 Å². The zero-order valence-electron chi connectivity index (χ0n) is 16.7. The maximum absolute atomic E-state index is 13.5. The van der Waals surface area contributed by atoms with Crippen LogP contribution in [0, 0.1) is 13.8 Å². The van der Waals surface area contributed by atoms with Crippen LogP contribution in [0.5, 0.6) is 0 Å². The summed E-state index contributed by atoms with van der Waals surface area (Å²) < 4.78 is 45.6. The van der Waals surface area contributed by atoms with Crippen molar-refractivity contribution in [2.45, 2.75) is 24.9 Å². The van der Waals surface area contributed by atoms with Gasteiger partial charge in [0.25, 0.3) is 5.91 Å². The van der Waals surface area contributed by atoms with E-state index in [9.17, 15) is 22.8 Å². The Morgan fingerprint density at radius 3 is 2.45 bits per heavy atom. The zero-order valence-corrected chi connectivity index (χ0v) is 17.5. The molecular formula is C22H19F3N2O3S. The van der Waals surface area contributed by atoms with E-state index >= 15 is 0 Å². The Morgan fingerprint density at radius 2 is 1.81 bits per heavy atom. The third kappa shape index (κ3) is 5.91. The molecule has 0 saturated carbocycles. The summed E-state index contributed by atoms with van der Waals surface area (Å²) in [6.45, 7) is 3.86. The number of anilines is 2. The molecule has 0 saturated heterocycles. The van der Waals surface area contributed by atoms with Gasteiger partial charge in [0.1, 0.15) is 0 Å². The molecule has 1 aromatic heterocycles. The average Bonchev–Trinajstić information content (AvgIpc) is 3.22. The lowest BCUT2D eigenvalue weighted by molar-refractivity contribution is -0.136. The van der Waals surface area contributed by atoms with Crippen molar-refractivity contribution in [1.82, 2.24) is 0 Å². The number of benzene rings is 2. The lowest BCUT2D eigenvalue weighted by Gasteiger charge is -2.16. The van der Waals surface area contributed by atoms with Crippen LogP contribution in [0.1, 0.15) is 27.2 Å². The SMILES string of the molecule is Cc1ccc(SCC(=O)Nc2ccc(NC(=O)c3ccco3)cc2C(F)(F)F)c(C)c1. The number of carbonyl (C=O) groups excluding carboxylic acids is 2. The number of rotatable bonds is 6. The number of thioether (sulfide) groups is 1. The molecule has 0 bridgehead atoms. The summed E-state index contributed by atoms with van der Waals surface area (Å²) in [5.41, 5.74) is 0.562. The molecule has 162 valence electrons. The van der Waals surface area contributed by atoms with Gasteiger partial charge >= 0.3 is 6.18 Å². The molecule has 0 aliphatic rings. The largest absolute Gasteiger partial charge is 0.459 e. The Labute approximate surface area is 181 Å². The quantitative estimate of drug-likeness (QED) is 0.461. The molecule has 0 aliphatic heterocycles. The molecule has 0 aliphatic carbocycles. The molecule has 9 heteroatoms. The van der Waals surface area contributed by atoms with E-state index in [1.807, 2.05) is 32.0 Å².